The predicted molar refractivity (Wildman–Crippen MR) is 64.1 cm³/mol. The van der Waals surface area contributed by atoms with E-state index in [4.69, 9.17) is 10.5 Å². The third kappa shape index (κ3) is 4.49. The van der Waals surface area contributed by atoms with E-state index in [0.29, 0.717) is 19.3 Å². The van der Waals surface area contributed by atoms with Gasteiger partial charge in [-0.3, -0.25) is 10.1 Å². The number of ether oxygens (including phenoxy) is 1. The van der Waals surface area contributed by atoms with Crippen LogP contribution in [-0.2, 0) is 9.53 Å². The Morgan fingerprint density at radius 3 is 2.69 bits per heavy atom. The Balaban J connectivity index is 2.23. The number of nitrogens with one attached hydrogen (secondary N) is 1. The maximum absolute atomic E-state index is 11.4. The third-order valence-corrected chi connectivity index (χ3v) is 2.93. The van der Waals surface area contributed by atoms with Crippen molar-refractivity contribution < 1.29 is 9.53 Å². The molecule has 3 N–H and O–H groups in total. The molecule has 1 saturated carbocycles. The van der Waals surface area contributed by atoms with Gasteiger partial charge in [0.05, 0.1) is 6.61 Å². The highest BCUT2D eigenvalue weighted by atomic mass is 16.5. The summed E-state index contributed by atoms with van der Waals surface area (Å²) >= 11 is 0. The lowest BCUT2D eigenvalue weighted by molar-refractivity contribution is -0.126. The van der Waals surface area contributed by atoms with Gasteiger partial charge >= 0.3 is 0 Å². The molecular weight excluding hydrogens is 204 g/mol. The summed E-state index contributed by atoms with van der Waals surface area (Å²) in [6.07, 6.45) is 5.67. The van der Waals surface area contributed by atoms with Crippen LogP contribution in [0.1, 0.15) is 46.0 Å². The highest BCUT2D eigenvalue weighted by molar-refractivity contribution is 5.84. The Bertz CT molecular complexity index is 229. The Hall–Kier alpha value is -0.610. The maximum atomic E-state index is 11.4. The van der Waals surface area contributed by atoms with Crippen LogP contribution in [-0.4, -0.2) is 30.7 Å². The molecule has 1 atom stereocenters. The number of carbonyl (C=O) groups excluding carboxylic acids is 1. The standard InChI is InChI=1S/C12H24N2O2/c1-3-4-5-8-16-9-12(2,11(13)15)14-10-6-7-10/h10,14H,3-9H2,1-2H3,(H2,13,15). The van der Waals surface area contributed by atoms with Gasteiger partial charge in [-0.25, -0.2) is 0 Å². The molecule has 1 rings (SSSR count). The smallest absolute Gasteiger partial charge is 0.239 e. The van der Waals surface area contributed by atoms with Crippen LogP contribution >= 0.6 is 0 Å². The number of amides is 1. The number of rotatable bonds is 9. The normalized spacial score (nSPS) is 19.4. The Labute approximate surface area is 97.9 Å². The van der Waals surface area contributed by atoms with Crippen molar-refractivity contribution in [3.63, 3.8) is 0 Å². The second-order valence-electron chi connectivity index (χ2n) is 4.87. The Morgan fingerprint density at radius 2 is 2.19 bits per heavy atom. The summed E-state index contributed by atoms with van der Waals surface area (Å²) in [5, 5.41) is 3.26. The van der Waals surface area contributed by atoms with Gasteiger partial charge in [0.25, 0.3) is 0 Å². The summed E-state index contributed by atoms with van der Waals surface area (Å²) in [7, 11) is 0. The van der Waals surface area contributed by atoms with E-state index in [9.17, 15) is 4.79 Å². The predicted octanol–water partition coefficient (Wildman–Crippen LogP) is 1.19. The van der Waals surface area contributed by atoms with Crippen LogP contribution in [0, 0.1) is 0 Å². The molecule has 0 heterocycles. The van der Waals surface area contributed by atoms with Crippen LogP contribution in [0.25, 0.3) is 0 Å². The third-order valence-electron chi connectivity index (χ3n) is 2.93. The van der Waals surface area contributed by atoms with Gasteiger partial charge in [0.1, 0.15) is 5.54 Å². The molecule has 0 radical (unpaired) electrons. The molecule has 1 fully saturated rings. The van der Waals surface area contributed by atoms with Crippen LogP contribution in [0.2, 0.25) is 0 Å². The van der Waals surface area contributed by atoms with Crippen LogP contribution < -0.4 is 11.1 Å². The molecule has 0 saturated heterocycles. The molecule has 1 aliphatic carbocycles. The van der Waals surface area contributed by atoms with E-state index in [1.54, 1.807) is 0 Å². The van der Waals surface area contributed by atoms with Gasteiger partial charge in [0, 0.05) is 12.6 Å². The maximum Gasteiger partial charge on any atom is 0.239 e. The van der Waals surface area contributed by atoms with Crippen LogP contribution in [0.5, 0.6) is 0 Å². The van der Waals surface area contributed by atoms with E-state index < -0.39 is 5.54 Å². The molecule has 4 heteroatoms. The molecule has 0 bridgehead atoms. The number of hydrogen-bond donors (Lipinski definition) is 2. The van der Waals surface area contributed by atoms with E-state index in [-0.39, 0.29) is 5.91 Å². The Morgan fingerprint density at radius 1 is 1.50 bits per heavy atom. The highest BCUT2D eigenvalue weighted by Gasteiger charge is 2.37. The number of nitrogens with two attached hydrogens (primary N) is 1. The van der Waals surface area contributed by atoms with Crippen molar-refractivity contribution in [3.05, 3.63) is 0 Å². The minimum atomic E-state index is -0.701. The van der Waals surface area contributed by atoms with Crippen molar-refractivity contribution in [2.75, 3.05) is 13.2 Å². The average molecular weight is 228 g/mol. The minimum absolute atomic E-state index is 0.324. The second-order valence-corrected chi connectivity index (χ2v) is 4.87. The summed E-state index contributed by atoms with van der Waals surface area (Å²) in [5.41, 5.74) is 4.71. The number of carbonyl (C=O) groups is 1. The topological polar surface area (TPSA) is 64.3 Å². The molecule has 0 aliphatic heterocycles. The van der Waals surface area contributed by atoms with Gasteiger partial charge < -0.3 is 10.5 Å². The number of primary amides is 1. The minimum Gasteiger partial charge on any atom is -0.379 e. The largest absolute Gasteiger partial charge is 0.379 e. The zero-order valence-electron chi connectivity index (χ0n) is 10.4. The van der Waals surface area contributed by atoms with Crippen molar-refractivity contribution >= 4 is 5.91 Å². The molecule has 1 unspecified atom stereocenters. The zero-order valence-corrected chi connectivity index (χ0v) is 10.4. The van der Waals surface area contributed by atoms with E-state index in [2.05, 4.69) is 12.2 Å². The van der Waals surface area contributed by atoms with Crippen molar-refractivity contribution in [1.82, 2.24) is 5.32 Å². The first-order valence-corrected chi connectivity index (χ1v) is 6.24. The van der Waals surface area contributed by atoms with E-state index in [1.165, 1.54) is 12.8 Å². The first kappa shape index (κ1) is 13.5. The first-order chi connectivity index (χ1) is 7.58. The van der Waals surface area contributed by atoms with E-state index in [0.717, 1.165) is 19.3 Å². The molecule has 1 amide bonds. The monoisotopic (exact) mass is 228 g/mol. The summed E-state index contributed by atoms with van der Waals surface area (Å²) < 4.78 is 5.53. The fraction of sp³-hybridized carbons (Fsp3) is 0.917. The molecule has 94 valence electrons. The highest BCUT2D eigenvalue weighted by Crippen LogP contribution is 2.22. The summed E-state index contributed by atoms with van der Waals surface area (Å²) in [5.74, 6) is -0.324. The molecule has 16 heavy (non-hydrogen) atoms. The van der Waals surface area contributed by atoms with Gasteiger partial charge in [-0.05, 0) is 26.2 Å². The first-order valence-electron chi connectivity index (χ1n) is 6.24. The van der Waals surface area contributed by atoms with Gasteiger partial charge in [-0.2, -0.15) is 0 Å². The molecule has 4 nitrogen and oxygen atoms in total. The number of hydrogen-bond acceptors (Lipinski definition) is 3. The number of unbranched alkanes of at least 4 members (excludes halogenated alkanes) is 2. The quantitative estimate of drug-likeness (QED) is 0.583. The van der Waals surface area contributed by atoms with Crippen LogP contribution in [0.15, 0.2) is 0 Å². The van der Waals surface area contributed by atoms with Crippen LogP contribution in [0.4, 0.5) is 0 Å². The van der Waals surface area contributed by atoms with Gasteiger partial charge in [0.15, 0.2) is 0 Å². The molecule has 0 aromatic carbocycles. The second kappa shape index (κ2) is 6.21. The fourth-order valence-electron chi connectivity index (χ4n) is 1.59. The summed E-state index contributed by atoms with van der Waals surface area (Å²) in [6, 6.07) is 0.455. The Kier molecular flexibility index (Phi) is 5.22. The van der Waals surface area contributed by atoms with Crippen LogP contribution in [0.3, 0.4) is 0 Å². The lowest BCUT2D eigenvalue weighted by atomic mass is 10.0. The van der Waals surface area contributed by atoms with Gasteiger partial charge in [-0.15, -0.1) is 0 Å². The lowest BCUT2D eigenvalue weighted by Gasteiger charge is -2.27. The zero-order chi connectivity index (χ0) is 12.0. The fourth-order valence-corrected chi connectivity index (χ4v) is 1.59. The van der Waals surface area contributed by atoms with E-state index >= 15 is 0 Å². The van der Waals surface area contributed by atoms with Crippen molar-refractivity contribution in [2.24, 2.45) is 5.73 Å². The average Bonchev–Trinajstić information content (AvgIpc) is 3.01. The molecule has 0 spiro atoms. The molecule has 0 aromatic heterocycles. The van der Waals surface area contributed by atoms with Crippen molar-refractivity contribution in [2.45, 2.75) is 57.5 Å². The van der Waals surface area contributed by atoms with Crippen molar-refractivity contribution in [3.8, 4) is 0 Å². The van der Waals surface area contributed by atoms with E-state index in [1.807, 2.05) is 6.92 Å². The van der Waals surface area contributed by atoms with Crippen molar-refractivity contribution in [1.29, 1.82) is 0 Å². The molecular formula is C12H24N2O2. The molecule has 0 aromatic rings. The summed E-state index contributed by atoms with van der Waals surface area (Å²) in [4.78, 5) is 11.4. The lowest BCUT2D eigenvalue weighted by Crippen LogP contribution is -2.57. The van der Waals surface area contributed by atoms with Gasteiger partial charge in [-0.1, -0.05) is 19.8 Å². The summed E-state index contributed by atoms with van der Waals surface area (Å²) in [6.45, 7) is 5.07. The molecule has 1 aliphatic rings. The van der Waals surface area contributed by atoms with Gasteiger partial charge in [0.2, 0.25) is 5.91 Å². The SMILES string of the molecule is CCCCCOCC(C)(NC1CC1)C(N)=O.